The van der Waals surface area contributed by atoms with Crippen LogP contribution in [0.3, 0.4) is 0 Å². The fourth-order valence-electron chi connectivity index (χ4n) is 1.30. The van der Waals surface area contributed by atoms with Gasteiger partial charge in [0.2, 0.25) is 0 Å². The van der Waals surface area contributed by atoms with Crippen LogP contribution < -0.4 is 9.96 Å². The largest absolute Gasteiger partial charge is 0.328 e. The van der Waals surface area contributed by atoms with E-state index in [-0.39, 0.29) is 0 Å². The Morgan fingerprint density at radius 1 is 1.08 bits per heavy atom. The monoisotopic (exact) mass is 188 g/mol. The topological polar surface area (TPSA) is 24.1 Å². The lowest BCUT2D eigenvalue weighted by Gasteiger charge is -2.19. The van der Waals surface area contributed by atoms with Crippen LogP contribution in [0.4, 0.5) is 0 Å². The Morgan fingerprint density at radius 2 is 1.58 bits per heavy atom. The van der Waals surface area contributed by atoms with E-state index in [2.05, 4.69) is 37.7 Å². The zero-order valence-electron chi connectivity index (χ0n) is 8.98. The Hall–Kier alpha value is 0.137. The van der Waals surface area contributed by atoms with E-state index in [0.717, 1.165) is 19.0 Å². The third-order valence-corrected chi connectivity index (χ3v) is 5.31. The van der Waals surface area contributed by atoms with Crippen LogP contribution >= 0.6 is 0 Å². The zero-order valence-corrected chi connectivity index (χ0v) is 10.1. The summed E-state index contributed by atoms with van der Waals surface area (Å²) in [5.41, 5.74) is 0. The summed E-state index contributed by atoms with van der Waals surface area (Å²) in [4.78, 5) is 7.15. The molecular weight excluding hydrogens is 164 g/mol. The van der Waals surface area contributed by atoms with Crippen molar-refractivity contribution in [2.45, 2.75) is 40.2 Å². The zero-order chi connectivity index (χ0) is 9.40. The highest BCUT2D eigenvalue weighted by Gasteiger charge is 2.11. The highest BCUT2D eigenvalue weighted by Crippen LogP contribution is 2.07. The minimum atomic E-state index is -0.809. The second-order valence-corrected chi connectivity index (χ2v) is 5.81. The third kappa shape index (κ3) is 5.74. The SMILES string of the molecule is CCN[SiH](CC(C)CC)NCC. The molecule has 1 atom stereocenters. The first-order valence-electron chi connectivity index (χ1n) is 5.21. The number of nitrogens with one attached hydrogen (secondary N) is 2. The third-order valence-electron chi connectivity index (χ3n) is 2.24. The lowest BCUT2D eigenvalue weighted by Crippen LogP contribution is -2.48. The van der Waals surface area contributed by atoms with Crippen LogP contribution in [0.25, 0.3) is 0 Å². The molecule has 0 rings (SSSR count). The Labute approximate surface area is 78.9 Å². The molecule has 74 valence electrons. The van der Waals surface area contributed by atoms with E-state index in [9.17, 15) is 0 Å². The molecule has 3 heteroatoms. The van der Waals surface area contributed by atoms with Crippen LogP contribution in [0.5, 0.6) is 0 Å². The second kappa shape index (κ2) is 7.77. The van der Waals surface area contributed by atoms with Crippen molar-refractivity contribution < 1.29 is 0 Å². The average Bonchev–Trinajstić information content (AvgIpc) is 2.05. The van der Waals surface area contributed by atoms with Gasteiger partial charge in [0.15, 0.2) is 9.12 Å². The van der Waals surface area contributed by atoms with Crippen LogP contribution in [-0.4, -0.2) is 22.2 Å². The van der Waals surface area contributed by atoms with Gasteiger partial charge in [-0.05, 0) is 25.1 Å². The van der Waals surface area contributed by atoms with Crippen molar-refractivity contribution in [3.8, 4) is 0 Å². The van der Waals surface area contributed by atoms with Gasteiger partial charge in [-0.3, -0.25) is 0 Å². The summed E-state index contributed by atoms with van der Waals surface area (Å²) < 4.78 is 0. The van der Waals surface area contributed by atoms with Crippen molar-refractivity contribution in [3.63, 3.8) is 0 Å². The van der Waals surface area contributed by atoms with Crippen molar-refractivity contribution in [1.82, 2.24) is 9.96 Å². The first kappa shape index (κ1) is 12.1. The van der Waals surface area contributed by atoms with E-state index in [0.29, 0.717) is 0 Å². The Bertz CT molecular complexity index is 92.5. The number of hydrogen-bond acceptors (Lipinski definition) is 2. The maximum Gasteiger partial charge on any atom is 0.184 e. The summed E-state index contributed by atoms with van der Waals surface area (Å²) in [7, 11) is -0.809. The minimum absolute atomic E-state index is 0.809. The van der Waals surface area contributed by atoms with Gasteiger partial charge in [0.1, 0.15) is 0 Å². The molecule has 0 radical (unpaired) electrons. The molecule has 0 heterocycles. The molecule has 0 bridgehead atoms. The molecule has 0 aromatic carbocycles. The predicted octanol–water partition coefficient (Wildman–Crippen LogP) is 1.47. The molecule has 1 unspecified atom stereocenters. The maximum atomic E-state index is 3.58. The van der Waals surface area contributed by atoms with Crippen molar-refractivity contribution in [2.24, 2.45) is 5.92 Å². The first-order valence-corrected chi connectivity index (χ1v) is 7.18. The molecule has 0 fully saturated rings. The lowest BCUT2D eigenvalue weighted by molar-refractivity contribution is 0.608. The summed E-state index contributed by atoms with van der Waals surface area (Å²) in [5, 5.41) is 0. The molecule has 0 saturated carbocycles. The smallest absolute Gasteiger partial charge is 0.184 e. The van der Waals surface area contributed by atoms with Crippen molar-refractivity contribution >= 4 is 9.12 Å². The van der Waals surface area contributed by atoms with E-state index in [1.165, 1.54) is 12.5 Å². The van der Waals surface area contributed by atoms with Gasteiger partial charge in [0.05, 0.1) is 0 Å². The number of rotatable bonds is 7. The molecule has 0 saturated heterocycles. The van der Waals surface area contributed by atoms with Gasteiger partial charge in [-0.15, -0.1) is 0 Å². The normalized spacial score (nSPS) is 13.8. The standard InChI is InChI=1S/C9H24N2Si/c1-5-9(4)8-12(10-6-2)11-7-3/h9-12H,5-8H2,1-4H3. The molecule has 0 spiro atoms. The van der Waals surface area contributed by atoms with E-state index >= 15 is 0 Å². The molecule has 0 aromatic heterocycles. The van der Waals surface area contributed by atoms with Crippen LogP contribution in [0, 0.1) is 5.92 Å². The molecule has 0 amide bonds. The van der Waals surface area contributed by atoms with Gasteiger partial charge >= 0.3 is 0 Å². The molecule has 12 heavy (non-hydrogen) atoms. The fourth-order valence-corrected chi connectivity index (χ4v) is 3.90. The Morgan fingerprint density at radius 3 is 1.92 bits per heavy atom. The van der Waals surface area contributed by atoms with Gasteiger partial charge in [0, 0.05) is 0 Å². The molecule has 0 aliphatic carbocycles. The van der Waals surface area contributed by atoms with Crippen LogP contribution in [0.15, 0.2) is 0 Å². The van der Waals surface area contributed by atoms with Gasteiger partial charge in [-0.1, -0.05) is 34.1 Å². The van der Waals surface area contributed by atoms with Crippen molar-refractivity contribution in [2.75, 3.05) is 13.1 Å². The average molecular weight is 188 g/mol. The summed E-state index contributed by atoms with van der Waals surface area (Å²) >= 11 is 0. The number of hydrogen-bond donors (Lipinski definition) is 2. The second-order valence-electron chi connectivity index (χ2n) is 3.42. The first-order chi connectivity index (χ1) is 5.74. The molecule has 2 nitrogen and oxygen atoms in total. The van der Waals surface area contributed by atoms with E-state index in [1.54, 1.807) is 0 Å². The van der Waals surface area contributed by atoms with Crippen LogP contribution in [0.2, 0.25) is 6.04 Å². The Balaban J connectivity index is 3.61. The molecule has 2 N–H and O–H groups in total. The predicted molar refractivity (Wildman–Crippen MR) is 58.8 cm³/mol. The Kier molecular flexibility index (Phi) is 7.86. The lowest BCUT2D eigenvalue weighted by atomic mass is 10.2. The summed E-state index contributed by atoms with van der Waals surface area (Å²) in [5.74, 6) is 0.875. The van der Waals surface area contributed by atoms with Crippen molar-refractivity contribution in [3.05, 3.63) is 0 Å². The van der Waals surface area contributed by atoms with E-state index in [4.69, 9.17) is 0 Å². The highest BCUT2D eigenvalue weighted by atomic mass is 28.3. The molecule has 0 aromatic rings. The summed E-state index contributed by atoms with van der Waals surface area (Å²) in [6.45, 7) is 11.2. The van der Waals surface area contributed by atoms with Gasteiger partial charge < -0.3 is 9.96 Å². The van der Waals surface area contributed by atoms with Gasteiger partial charge in [-0.2, -0.15) is 0 Å². The van der Waals surface area contributed by atoms with Crippen LogP contribution in [0.1, 0.15) is 34.1 Å². The van der Waals surface area contributed by atoms with Gasteiger partial charge in [0.25, 0.3) is 0 Å². The summed E-state index contributed by atoms with van der Waals surface area (Å²) in [6, 6.07) is 1.37. The van der Waals surface area contributed by atoms with E-state index < -0.39 is 9.12 Å². The quantitative estimate of drug-likeness (QED) is 0.591. The fraction of sp³-hybridized carbons (Fsp3) is 1.00. The minimum Gasteiger partial charge on any atom is -0.328 e. The van der Waals surface area contributed by atoms with Crippen molar-refractivity contribution in [1.29, 1.82) is 0 Å². The van der Waals surface area contributed by atoms with Crippen LogP contribution in [-0.2, 0) is 0 Å². The highest BCUT2D eigenvalue weighted by molar-refractivity contribution is 6.53. The molecule has 0 aliphatic heterocycles. The maximum absolute atomic E-state index is 3.58. The summed E-state index contributed by atoms with van der Waals surface area (Å²) in [6.07, 6.45) is 1.31. The van der Waals surface area contributed by atoms with E-state index in [1.807, 2.05) is 0 Å². The van der Waals surface area contributed by atoms with Gasteiger partial charge in [-0.25, -0.2) is 0 Å². The molecule has 0 aliphatic rings. The molecular formula is C9H24N2Si.